The summed E-state index contributed by atoms with van der Waals surface area (Å²) in [5.74, 6) is -0.210. The van der Waals surface area contributed by atoms with Crippen LogP contribution in [-0.2, 0) is 25.9 Å². The summed E-state index contributed by atoms with van der Waals surface area (Å²) in [6.07, 6.45) is -0.0648. The number of alkyl halides is 3. The Balaban J connectivity index is 1.55. The summed E-state index contributed by atoms with van der Waals surface area (Å²) in [7, 11) is 0. The molecule has 0 spiro atoms. The lowest BCUT2D eigenvalue weighted by Gasteiger charge is -2.09. The average molecular weight is 474 g/mol. The highest BCUT2D eigenvalue weighted by Crippen LogP contribution is 2.29. The fourth-order valence-corrected chi connectivity index (χ4v) is 4.09. The SMILES string of the molecule is CCCCn1cc(CC(F)(F)F)c2ccc(C(=O)NCCCNCc3cccc(CC)c3)cc21. The van der Waals surface area contributed by atoms with Gasteiger partial charge in [0.05, 0.1) is 6.42 Å². The third-order valence-corrected chi connectivity index (χ3v) is 5.92. The fourth-order valence-electron chi connectivity index (χ4n) is 4.09. The van der Waals surface area contributed by atoms with Gasteiger partial charge in [0.1, 0.15) is 0 Å². The molecule has 184 valence electrons. The number of rotatable bonds is 12. The molecule has 0 fully saturated rings. The van der Waals surface area contributed by atoms with Gasteiger partial charge in [-0.1, -0.05) is 50.6 Å². The molecule has 3 aromatic rings. The molecule has 0 unspecified atom stereocenters. The lowest BCUT2D eigenvalue weighted by molar-refractivity contribution is -0.127. The Morgan fingerprint density at radius 1 is 1.00 bits per heavy atom. The van der Waals surface area contributed by atoms with Crippen LogP contribution in [0.2, 0.25) is 0 Å². The van der Waals surface area contributed by atoms with Crippen molar-refractivity contribution in [1.82, 2.24) is 15.2 Å². The maximum absolute atomic E-state index is 13.0. The van der Waals surface area contributed by atoms with Crippen LogP contribution < -0.4 is 10.6 Å². The smallest absolute Gasteiger partial charge is 0.352 e. The van der Waals surface area contributed by atoms with Gasteiger partial charge < -0.3 is 15.2 Å². The number of carbonyl (C=O) groups excluding carboxylic acids is 1. The number of benzene rings is 2. The minimum absolute atomic E-state index is 0.210. The molecular weight excluding hydrogens is 439 g/mol. The van der Waals surface area contributed by atoms with Crippen molar-refractivity contribution in [1.29, 1.82) is 0 Å². The van der Waals surface area contributed by atoms with Gasteiger partial charge in [0.2, 0.25) is 0 Å². The predicted molar refractivity (Wildman–Crippen MR) is 131 cm³/mol. The zero-order valence-corrected chi connectivity index (χ0v) is 20.0. The number of aryl methyl sites for hydroxylation is 2. The van der Waals surface area contributed by atoms with Crippen molar-refractivity contribution in [2.75, 3.05) is 13.1 Å². The molecule has 7 heteroatoms. The lowest BCUT2D eigenvalue weighted by atomic mass is 10.1. The van der Waals surface area contributed by atoms with Crippen LogP contribution in [0.1, 0.15) is 60.2 Å². The van der Waals surface area contributed by atoms with Crippen molar-refractivity contribution in [3.63, 3.8) is 0 Å². The van der Waals surface area contributed by atoms with Crippen LogP contribution in [0.25, 0.3) is 10.9 Å². The Morgan fingerprint density at radius 3 is 2.53 bits per heavy atom. The summed E-state index contributed by atoms with van der Waals surface area (Å²) in [5.41, 5.74) is 3.95. The van der Waals surface area contributed by atoms with E-state index in [4.69, 9.17) is 0 Å². The number of carbonyl (C=O) groups is 1. The zero-order chi connectivity index (χ0) is 24.6. The molecule has 2 aromatic carbocycles. The van der Waals surface area contributed by atoms with Crippen LogP contribution in [0.15, 0.2) is 48.7 Å². The maximum Gasteiger partial charge on any atom is 0.393 e. The summed E-state index contributed by atoms with van der Waals surface area (Å²) in [5, 5.41) is 6.87. The summed E-state index contributed by atoms with van der Waals surface area (Å²) in [6, 6.07) is 13.4. The second kappa shape index (κ2) is 12.1. The third-order valence-electron chi connectivity index (χ3n) is 5.92. The maximum atomic E-state index is 13.0. The molecular formula is C27H34F3N3O. The molecule has 2 N–H and O–H groups in total. The van der Waals surface area contributed by atoms with Crippen LogP contribution in [0.3, 0.4) is 0 Å². The Bertz CT molecular complexity index is 1090. The summed E-state index contributed by atoms with van der Waals surface area (Å²) < 4.78 is 40.9. The fraction of sp³-hybridized carbons (Fsp3) is 0.444. The third kappa shape index (κ3) is 7.35. The molecule has 1 aromatic heterocycles. The van der Waals surface area contributed by atoms with Crippen LogP contribution in [0.5, 0.6) is 0 Å². The molecule has 1 amide bonds. The molecule has 0 bridgehead atoms. The van der Waals surface area contributed by atoms with Crippen molar-refractivity contribution in [3.05, 3.63) is 70.9 Å². The predicted octanol–water partition coefficient (Wildman–Crippen LogP) is 6.02. The second-order valence-corrected chi connectivity index (χ2v) is 8.68. The van der Waals surface area contributed by atoms with E-state index in [2.05, 4.69) is 41.8 Å². The van der Waals surface area contributed by atoms with E-state index < -0.39 is 12.6 Å². The van der Waals surface area contributed by atoms with Crippen LogP contribution in [0, 0.1) is 0 Å². The van der Waals surface area contributed by atoms with Crippen molar-refractivity contribution in [2.45, 2.75) is 65.2 Å². The van der Waals surface area contributed by atoms with Crippen molar-refractivity contribution in [3.8, 4) is 0 Å². The molecule has 0 saturated carbocycles. The largest absolute Gasteiger partial charge is 0.393 e. The number of hydrogen-bond donors (Lipinski definition) is 2. The molecule has 0 aliphatic rings. The van der Waals surface area contributed by atoms with Gasteiger partial charge in [0, 0.05) is 42.3 Å². The lowest BCUT2D eigenvalue weighted by Crippen LogP contribution is -2.27. The number of nitrogens with one attached hydrogen (secondary N) is 2. The van der Waals surface area contributed by atoms with Crippen LogP contribution >= 0.6 is 0 Å². The van der Waals surface area contributed by atoms with Crippen molar-refractivity contribution in [2.24, 2.45) is 0 Å². The Morgan fingerprint density at radius 2 is 1.79 bits per heavy atom. The molecule has 0 atom stereocenters. The standard InChI is InChI=1S/C27H34F3N3O/c1-3-5-14-33-19-23(17-27(28,29)30)24-11-10-22(16-25(24)33)26(34)32-13-7-12-31-18-21-9-6-8-20(4-2)15-21/h6,8-11,15-16,19,31H,3-5,7,12-14,17-18H2,1-2H3,(H,32,34). The van der Waals surface area contributed by atoms with Gasteiger partial charge in [-0.25, -0.2) is 0 Å². The first kappa shape index (κ1) is 25.8. The highest BCUT2D eigenvalue weighted by atomic mass is 19.4. The first-order valence-corrected chi connectivity index (χ1v) is 12.1. The summed E-state index contributed by atoms with van der Waals surface area (Å²) in [4.78, 5) is 12.7. The molecule has 0 aliphatic heterocycles. The number of fused-ring (bicyclic) bond motifs is 1. The van der Waals surface area contributed by atoms with E-state index in [1.165, 1.54) is 11.1 Å². The van der Waals surface area contributed by atoms with Gasteiger partial charge in [0.25, 0.3) is 5.91 Å². The Labute approximate surface area is 199 Å². The van der Waals surface area contributed by atoms with E-state index in [0.29, 0.717) is 29.6 Å². The zero-order valence-electron chi connectivity index (χ0n) is 20.0. The quantitative estimate of drug-likeness (QED) is 0.316. The van der Waals surface area contributed by atoms with Gasteiger partial charge >= 0.3 is 6.18 Å². The van der Waals surface area contributed by atoms with E-state index in [-0.39, 0.29) is 11.5 Å². The van der Waals surface area contributed by atoms with Gasteiger partial charge in [-0.05, 0) is 54.6 Å². The number of halogens is 3. The van der Waals surface area contributed by atoms with Gasteiger partial charge in [-0.2, -0.15) is 13.2 Å². The Kier molecular flexibility index (Phi) is 9.16. The first-order valence-electron chi connectivity index (χ1n) is 12.1. The van der Waals surface area contributed by atoms with Gasteiger partial charge in [-0.3, -0.25) is 4.79 Å². The molecule has 34 heavy (non-hydrogen) atoms. The molecule has 1 heterocycles. The number of hydrogen-bond acceptors (Lipinski definition) is 2. The van der Waals surface area contributed by atoms with Gasteiger partial charge in [0.15, 0.2) is 0 Å². The number of aromatic nitrogens is 1. The molecule has 4 nitrogen and oxygen atoms in total. The van der Waals surface area contributed by atoms with Gasteiger partial charge in [-0.15, -0.1) is 0 Å². The van der Waals surface area contributed by atoms with E-state index in [1.807, 2.05) is 11.5 Å². The van der Waals surface area contributed by atoms with Crippen molar-refractivity contribution < 1.29 is 18.0 Å². The molecule has 0 aliphatic carbocycles. The van der Waals surface area contributed by atoms with Crippen molar-refractivity contribution >= 4 is 16.8 Å². The topological polar surface area (TPSA) is 46.1 Å². The van der Waals surface area contributed by atoms with Crippen LogP contribution in [0.4, 0.5) is 13.2 Å². The first-order chi connectivity index (χ1) is 16.3. The number of unbranched alkanes of at least 4 members (excludes halogenated alkanes) is 1. The minimum atomic E-state index is -4.27. The molecule has 3 rings (SSSR count). The van der Waals surface area contributed by atoms with E-state index in [1.54, 1.807) is 24.4 Å². The second-order valence-electron chi connectivity index (χ2n) is 8.68. The Hall–Kier alpha value is -2.80. The number of amides is 1. The van der Waals surface area contributed by atoms with E-state index >= 15 is 0 Å². The van der Waals surface area contributed by atoms with E-state index in [9.17, 15) is 18.0 Å². The number of nitrogens with zero attached hydrogens (tertiary/aromatic N) is 1. The average Bonchev–Trinajstić information content (AvgIpc) is 3.14. The molecule has 0 saturated heterocycles. The monoisotopic (exact) mass is 473 g/mol. The highest BCUT2D eigenvalue weighted by molar-refractivity contribution is 5.98. The summed E-state index contributed by atoms with van der Waals surface area (Å²) >= 11 is 0. The van der Waals surface area contributed by atoms with Crippen LogP contribution in [-0.4, -0.2) is 29.7 Å². The minimum Gasteiger partial charge on any atom is -0.352 e. The normalized spacial score (nSPS) is 11.8. The summed E-state index contributed by atoms with van der Waals surface area (Å²) in [6.45, 7) is 6.89. The van der Waals surface area contributed by atoms with E-state index in [0.717, 1.165) is 38.8 Å². The molecule has 0 radical (unpaired) electrons. The highest BCUT2D eigenvalue weighted by Gasteiger charge is 2.29.